The van der Waals surface area contributed by atoms with Crippen LogP contribution >= 0.6 is 11.3 Å². The normalized spacial score (nSPS) is 10.4. The van der Waals surface area contributed by atoms with Crippen molar-refractivity contribution in [1.82, 2.24) is 9.97 Å². The summed E-state index contributed by atoms with van der Waals surface area (Å²) in [5.41, 5.74) is 1.56. The van der Waals surface area contributed by atoms with Crippen molar-refractivity contribution in [2.24, 2.45) is 0 Å². The predicted molar refractivity (Wildman–Crippen MR) is 91.1 cm³/mol. The molecule has 1 aromatic carbocycles. The molecule has 0 aliphatic rings. The van der Waals surface area contributed by atoms with Crippen LogP contribution in [0, 0.1) is 17.0 Å². The lowest BCUT2D eigenvalue weighted by molar-refractivity contribution is -0.384. The van der Waals surface area contributed by atoms with E-state index in [0.29, 0.717) is 27.0 Å². The van der Waals surface area contributed by atoms with Gasteiger partial charge in [-0.25, -0.2) is 4.98 Å². The van der Waals surface area contributed by atoms with E-state index < -0.39 is 4.92 Å². The highest BCUT2D eigenvalue weighted by Gasteiger charge is 2.17. The van der Waals surface area contributed by atoms with Crippen molar-refractivity contribution in [3.63, 3.8) is 0 Å². The van der Waals surface area contributed by atoms with E-state index in [-0.39, 0.29) is 11.6 Å². The zero-order chi connectivity index (χ0) is 17.1. The first-order chi connectivity index (χ1) is 11.5. The third kappa shape index (κ3) is 3.28. The average molecular weight is 340 g/mol. The third-order valence-corrected chi connectivity index (χ3v) is 4.38. The minimum absolute atomic E-state index is 0.0806. The summed E-state index contributed by atoms with van der Waals surface area (Å²) in [5, 5.41) is 14.1. The summed E-state index contributed by atoms with van der Waals surface area (Å²) in [5.74, 6) is -0.354. The molecule has 0 unspecified atom stereocenters. The van der Waals surface area contributed by atoms with Crippen LogP contribution in [0.4, 0.5) is 11.4 Å². The molecule has 0 bridgehead atoms. The lowest BCUT2D eigenvalue weighted by atomic mass is 10.2. The number of pyridine rings is 1. The molecule has 8 heteroatoms. The Morgan fingerprint density at radius 1 is 1.25 bits per heavy atom. The Balaban J connectivity index is 1.84. The van der Waals surface area contributed by atoms with Gasteiger partial charge in [-0.15, -0.1) is 11.3 Å². The molecule has 3 rings (SSSR count). The number of nitrogens with one attached hydrogen (secondary N) is 1. The lowest BCUT2D eigenvalue weighted by Crippen LogP contribution is -2.11. The number of nitro benzene ring substituents is 1. The first-order valence-corrected chi connectivity index (χ1v) is 7.81. The number of nitro groups is 1. The summed E-state index contributed by atoms with van der Waals surface area (Å²) in [6.45, 7) is 1.74. The molecule has 120 valence electrons. The molecule has 0 atom stereocenters. The van der Waals surface area contributed by atoms with Gasteiger partial charge in [0.05, 0.1) is 16.3 Å². The van der Waals surface area contributed by atoms with Gasteiger partial charge in [0.2, 0.25) is 0 Å². The maximum atomic E-state index is 12.4. The molecule has 0 spiro atoms. The molecule has 0 fully saturated rings. The number of aromatic nitrogens is 2. The Morgan fingerprint density at radius 3 is 2.79 bits per heavy atom. The van der Waals surface area contributed by atoms with Gasteiger partial charge in [0.15, 0.2) is 0 Å². The Kier molecular flexibility index (Phi) is 4.30. The van der Waals surface area contributed by atoms with Crippen molar-refractivity contribution in [3.05, 3.63) is 69.3 Å². The van der Waals surface area contributed by atoms with Crippen molar-refractivity contribution in [3.8, 4) is 10.7 Å². The van der Waals surface area contributed by atoms with Gasteiger partial charge in [-0.05, 0) is 25.1 Å². The molecule has 7 nitrogen and oxygen atoms in total. The molecular weight excluding hydrogens is 328 g/mol. The molecular formula is C16H12N4O3S. The molecule has 2 heterocycles. The Labute approximate surface area is 141 Å². The van der Waals surface area contributed by atoms with E-state index >= 15 is 0 Å². The van der Waals surface area contributed by atoms with Crippen LogP contribution in [0.1, 0.15) is 15.4 Å². The Bertz CT molecular complexity index is 909. The largest absolute Gasteiger partial charge is 0.321 e. The van der Waals surface area contributed by atoms with Crippen LogP contribution in [0.15, 0.2) is 48.7 Å². The standard InChI is InChI=1S/C16H12N4O3S/c1-10-14(24-16(18-10)13-7-2-3-8-17-13)15(21)19-11-5-4-6-12(9-11)20(22)23/h2-9H,1H3,(H,19,21). The summed E-state index contributed by atoms with van der Waals surface area (Å²) in [6.07, 6.45) is 1.66. The molecule has 24 heavy (non-hydrogen) atoms. The van der Waals surface area contributed by atoms with E-state index in [1.54, 1.807) is 25.3 Å². The van der Waals surface area contributed by atoms with Crippen molar-refractivity contribution < 1.29 is 9.72 Å². The minimum atomic E-state index is -0.507. The molecule has 0 saturated heterocycles. The molecule has 0 radical (unpaired) electrons. The molecule has 0 saturated carbocycles. The summed E-state index contributed by atoms with van der Waals surface area (Å²) >= 11 is 1.23. The Hall–Kier alpha value is -3.13. The maximum Gasteiger partial charge on any atom is 0.271 e. The van der Waals surface area contributed by atoms with Crippen molar-refractivity contribution in [1.29, 1.82) is 0 Å². The highest BCUT2D eigenvalue weighted by molar-refractivity contribution is 7.17. The number of non-ortho nitro benzene ring substituents is 1. The third-order valence-electron chi connectivity index (χ3n) is 3.20. The van der Waals surface area contributed by atoms with Crippen LogP contribution < -0.4 is 5.32 Å². The number of nitrogens with zero attached hydrogens (tertiary/aromatic N) is 3. The summed E-state index contributed by atoms with van der Waals surface area (Å²) in [7, 11) is 0. The fraction of sp³-hybridized carbons (Fsp3) is 0.0625. The van der Waals surface area contributed by atoms with Crippen LogP contribution in [0.3, 0.4) is 0 Å². The van der Waals surface area contributed by atoms with Crippen LogP contribution in [-0.2, 0) is 0 Å². The second-order valence-electron chi connectivity index (χ2n) is 4.91. The van der Waals surface area contributed by atoms with Gasteiger partial charge in [0, 0.05) is 24.0 Å². The number of carbonyl (C=O) groups excluding carboxylic acids is 1. The monoisotopic (exact) mass is 340 g/mol. The predicted octanol–water partition coefficient (Wildman–Crippen LogP) is 3.67. The number of hydrogen-bond donors (Lipinski definition) is 1. The second kappa shape index (κ2) is 6.55. The van der Waals surface area contributed by atoms with Crippen molar-refractivity contribution in [2.45, 2.75) is 6.92 Å². The van der Waals surface area contributed by atoms with Gasteiger partial charge in [-0.1, -0.05) is 12.1 Å². The van der Waals surface area contributed by atoms with E-state index in [9.17, 15) is 14.9 Å². The fourth-order valence-corrected chi connectivity index (χ4v) is 3.03. The number of benzene rings is 1. The zero-order valence-corrected chi connectivity index (χ0v) is 13.4. The average Bonchev–Trinajstić information content (AvgIpc) is 2.98. The van der Waals surface area contributed by atoms with Gasteiger partial charge < -0.3 is 5.32 Å². The van der Waals surface area contributed by atoms with E-state index in [1.165, 1.54) is 29.5 Å². The molecule has 1 N–H and O–H groups in total. The quantitative estimate of drug-likeness (QED) is 0.577. The van der Waals surface area contributed by atoms with Crippen LogP contribution in [0.25, 0.3) is 10.7 Å². The zero-order valence-electron chi connectivity index (χ0n) is 12.6. The maximum absolute atomic E-state index is 12.4. The van der Waals surface area contributed by atoms with Crippen LogP contribution in [0.2, 0.25) is 0 Å². The number of amides is 1. The molecule has 0 aliphatic carbocycles. The van der Waals surface area contributed by atoms with Gasteiger partial charge in [0.25, 0.3) is 11.6 Å². The van der Waals surface area contributed by atoms with E-state index in [2.05, 4.69) is 15.3 Å². The summed E-state index contributed by atoms with van der Waals surface area (Å²) in [6, 6.07) is 11.3. The number of carbonyl (C=O) groups is 1. The Morgan fingerprint density at radius 2 is 2.08 bits per heavy atom. The van der Waals surface area contributed by atoms with Crippen molar-refractivity contribution >= 4 is 28.6 Å². The molecule has 3 aromatic rings. The number of thiazole rings is 1. The highest BCUT2D eigenvalue weighted by atomic mass is 32.1. The van der Waals surface area contributed by atoms with Crippen molar-refractivity contribution in [2.75, 3.05) is 5.32 Å². The number of hydrogen-bond acceptors (Lipinski definition) is 6. The number of aryl methyl sites for hydroxylation is 1. The summed E-state index contributed by atoms with van der Waals surface area (Å²) in [4.78, 5) is 31.8. The number of rotatable bonds is 4. The molecule has 2 aromatic heterocycles. The van der Waals surface area contributed by atoms with Crippen LogP contribution in [-0.4, -0.2) is 20.8 Å². The van der Waals surface area contributed by atoms with Gasteiger partial charge in [-0.2, -0.15) is 0 Å². The van der Waals surface area contributed by atoms with Gasteiger partial charge in [-0.3, -0.25) is 19.9 Å². The van der Waals surface area contributed by atoms with Gasteiger partial charge in [0.1, 0.15) is 9.88 Å². The second-order valence-corrected chi connectivity index (χ2v) is 5.91. The van der Waals surface area contributed by atoms with E-state index in [4.69, 9.17) is 0 Å². The SMILES string of the molecule is Cc1nc(-c2ccccn2)sc1C(=O)Nc1cccc([N+](=O)[O-])c1. The smallest absolute Gasteiger partial charge is 0.271 e. The lowest BCUT2D eigenvalue weighted by Gasteiger charge is -2.03. The first-order valence-electron chi connectivity index (χ1n) is 6.99. The van der Waals surface area contributed by atoms with E-state index in [0.717, 1.165) is 0 Å². The number of anilines is 1. The summed E-state index contributed by atoms with van der Waals surface area (Å²) < 4.78 is 0. The fourth-order valence-electron chi connectivity index (χ4n) is 2.09. The topological polar surface area (TPSA) is 98.0 Å². The minimum Gasteiger partial charge on any atom is -0.321 e. The van der Waals surface area contributed by atoms with E-state index in [1.807, 2.05) is 12.1 Å². The highest BCUT2D eigenvalue weighted by Crippen LogP contribution is 2.27. The van der Waals surface area contributed by atoms with Crippen LogP contribution in [0.5, 0.6) is 0 Å². The molecule has 1 amide bonds. The van der Waals surface area contributed by atoms with Gasteiger partial charge >= 0.3 is 0 Å². The first kappa shape index (κ1) is 15.8. The molecule has 0 aliphatic heterocycles.